The van der Waals surface area contributed by atoms with E-state index in [1.807, 2.05) is 0 Å². The van der Waals surface area contributed by atoms with Crippen LogP contribution in [0.3, 0.4) is 0 Å². The number of rotatable bonds is 4. The van der Waals surface area contributed by atoms with Crippen molar-refractivity contribution in [2.24, 2.45) is 0 Å². The van der Waals surface area contributed by atoms with Gasteiger partial charge in [-0.05, 0) is 85.8 Å². The molecule has 140 valence electrons. The highest BCUT2D eigenvalue weighted by Gasteiger charge is 2.23. The molecular formula is C23H24O4. The Morgan fingerprint density at radius 2 is 1.33 bits per heavy atom. The van der Waals surface area contributed by atoms with Gasteiger partial charge in [-0.2, -0.15) is 0 Å². The molecule has 2 aliphatic rings. The van der Waals surface area contributed by atoms with Crippen LogP contribution in [-0.2, 0) is 9.47 Å². The van der Waals surface area contributed by atoms with Gasteiger partial charge in [0.05, 0.1) is 24.3 Å². The Morgan fingerprint density at radius 1 is 0.778 bits per heavy atom. The zero-order valence-electron chi connectivity index (χ0n) is 16.4. The molecular weight excluding hydrogens is 340 g/mol. The molecule has 0 N–H and O–H groups in total. The standard InChI is InChI=1S/C23H24O4/c1-6-26-22(24)19-11-16-10-17-14(4)8-13(3)9-15(5)21(17)18(16)12-20(19)23(25)27-7-2/h8-12H,6-7H2,1-5H3. The minimum atomic E-state index is -0.512. The van der Waals surface area contributed by atoms with Crippen molar-refractivity contribution in [3.8, 4) is 11.1 Å². The van der Waals surface area contributed by atoms with Crippen LogP contribution in [0.2, 0.25) is 0 Å². The number of aryl methyl sites for hydroxylation is 3. The Labute approximate surface area is 159 Å². The predicted molar refractivity (Wildman–Crippen MR) is 107 cm³/mol. The lowest BCUT2D eigenvalue weighted by Crippen LogP contribution is -2.14. The summed E-state index contributed by atoms with van der Waals surface area (Å²) in [6.07, 6.45) is 0. The number of esters is 2. The Hall–Kier alpha value is -2.88. The molecule has 27 heavy (non-hydrogen) atoms. The first-order valence-electron chi connectivity index (χ1n) is 9.19. The normalized spacial score (nSPS) is 11.0. The van der Waals surface area contributed by atoms with Gasteiger partial charge in [0.1, 0.15) is 0 Å². The fourth-order valence-electron chi connectivity index (χ4n) is 3.69. The van der Waals surface area contributed by atoms with E-state index in [0.29, 0.717) is 0 Å². The molecule has 4 nitrogen and oxygen atoms in total. The highest BCUT2D eigenvalue weighted by atomic mass is 16.5. The van der Waals surface area contributed by atoms with E-state index < -0.39 is 11.9 Å². The van der Waals surface area contributed by atoms with E-state index in [4.69, 9.17) is 9.47 Å². The van der Waals surface area contributed by atoms with Crippen molar-refractivity contribution < 1.29 is 19.1 Å². The SMILES string of the molecule is CCOC(=O)c1cc2cc3c(C)cc(C)cc(C)c-3c2cc1C(=O)OCC. The Kier molecular flexibility index (Phi) is 5.17. The topological polar surface area (TPSA) is 52.6 Å². The third-order valence-corrected chi connectivity index (χ3v) is 4.73. The molecule has 3 rings (SSSR count). The molecule has 0 aromatic heterocycles. The molecule has 0 aliphatic heterocycles. The molecule has 0 bridgehead atoms. The molecule has 4 heteroatoms. The van der Waals surface area contributed by atoms with Gasteiger partial charge in [0, 0.05) is 0 Å². The van der Waals surface area contributed by atoms with Gasteiger partial charge >= 0.3 is 11.9 Å². The largest absolute Gasteiger partial charge is 0.462 e. The summed E-state index contributed by atoms with van der Waals surface area (Å²) in [5.41, 5.74) is 6.17. The van der Waals surface area contributed by atoms with Gasteiger partial charge in [0.15, 0.2) is 0 Å². The Morgan fingerprint density at radius 3 is 1.93 bits per heavy atom. The van der Waals surface area contributed by atoms with E-state index in [1.165, 1.54) is 5.56 Å². The molecule has 0 amide bonds. The molecule has 0 heterocycles. The van der Waals surface area contributed by atoms with Crippen LogP contribution in [0, 0.1) is 20.8 Å². The summed E-state index contributed by atoms with van der Waals surface area (Å²) in [7, 11) is 0. The molecule has 0 unspecified atom stereocenters. The lowest BCUT2D eigenvalue weighted by Gasteiger charge is -2.10. The monoisotopic (exact) mass is 364 g/mol. The molecule has 0 saturated heterocycles. The summed E-state index contributed by atoms with van der Waals surface area (Å²) in [6, 6.07) is 9.86. The number of hydrogen-bond acceptors (Lipinski definition) is 4. The third kappa shape index (κ3) is 3.39. The molecule has 0 spiro atoms. The van der Waals surface area contributed by atoms with Crippen LogP contribution in [0.4, 0.5) is 0 Å². The number of hydrogen-bond donors (Lipinski definition) is 0. The highest BCUT2D eigenvalue weighted by molar-refractivity contribution is 6.12. The van der Waals surface area contributed by atoms with E-state index >= 15 is 0 Å². The van der Waals surface area contributed by atoms with Gasteiger partial charge in [0.25, 0.3) is 0 Å². The summed E-state index contributed by atoms with van der Waals surface area (Å²) in [4.78, 5) is 24.9. The first kappa shape index (κ1) is 18.9. The van der Waals surface area contributed by atoms with Crippen LogP contribution in [0.25, 0.3) is 21.9 Å². The number of ether oxygens (including phenoxy) is 2. The average molecular weight is 364 g/mol. The summed E-state index contributed by atoms with van der Waals surface area (Å²) in [5, 5.41) is 1.86. The fourth-order valence-corrected chi connectivity index (χ4v) is 3.69. The van der Waals surface area contributed by atoms with Crippen LogP contribution < -0.4 is 0 Å². The van der Waals surface area contributed by atoms with Crippen LogP contribution >= 0.6 is 0 Å². The van der Waals surface area contributed by atoms with Gasteiger partial charge in [-0.1, -0.05) is 17.7 Å². The van der Waals surface area contributed by atoms with Crippen LogP contribution in [-0.4, -0.2) is 25.2 Å². The van der Waals surface area contributed by atoms with Crippen LogP contribution in [0.15, 0.2) is 30.3 Å². The summed E-state index contributed by atoms with van der Waals surface area (Å²) in [5.74, 6) is -1.02. The molecule has 0 radical (unpaired) electrons. The van der Waals surface area contributed by atoms with Gasteiger partial charge in [-0.25, -0.2) is 9.59 Å². The smallest absolute Gasteiger partial charge is 0.339 e. The number of carbonyl (C=O) groups excluding carboxylic acids is 2. The van der Waals surface area contributed by atoms with Crippen LogP contribution in [0.1, 0.15) is 51.3 Å². The van der Waals surface area contributed by atoms with Crippen molar-refractivity contribution in [3.63, 3.8) is 0 Å². The van der Waals surface area contributed by atoms with Crippen molar-refractivity contribution in [1.29, 1.82) is 0 Å². The Balaban J connectivity index is 2.37. The number of carbonyl (C=O) groups is 2. The molecule has 2 aliphatic carbocycles. The van der Waals surface area contributed by atoms with E-state index in [-0.39, 0.29) is 24.3 Å². The lowest BCUT2D eigenvalue weighted by molar-refractivity contribution is 0.0479. The van der Waals surface area contributed by atoms with Gasteiger partial charge in [-0.3, -0.25) is 0 Å². The van der Waals surface area contributed by atoms with Crippen molar-refractivity contribution in [1.82, 2.24) is 0 Å². The second kappa shape index (κ2) is 7.39. The maximum absolute atomic E-state index is 12.5. The predicted octanol–water partition coefficient (Wildman–Crippen LogP) is 5.22. The highest BCUT2D eigenvalue weighted by Crippen LogP contribution is 2.40. The maximum Gasteiger partial charge on any atom is 0.339 e. The van der Waals surface area contributed by atoms with Crippen molar-refractivity contribution >= 4 is 22.7 Å². The van der Waals surface area contributed by atoms with Gasteiger partial charge in [-0.15, -0.1) is 0 Å². The maximum atomic E-state index is 12.5. The zero-order valence-corrected chi connectivity index (χ0v) is 16.4. The van der Waals surface area contributed by atoms with E-state index in [0.717, 1.165) is 33.0 Å². The second-order valence-corrected chi connectivity index (χ2v) is 6.76. The minimum absolute atomic E-state index is 0.243. The molecule has 0 fully saturated rings. The van der Waals surface area contributed by atoms with E-state index in [1.54, 1.807) is 26.0 Å². The molecule has 0 atom stereocenters. The average Bonchev–Trinajstić information content (AvgIpc) is 2.94. The van der Waals surface area contributed by atoms with Gasteiger partial charge < -0.3 is 9.47 Å². The second-order valence-electron chi connectivity index (χ2n) is 6.76. The fraction of sp³-hybridized carbons (Fsp3) is 0.304. The first-order valence-corrected chi connectivity index (χ1v) is 9.19. The molecule has 1 aromatic carbocycles. The van der Waals surface area contributed by atoms with E-state index in [2.05, 4.69) is 39.0 Å². The van der Waals surface area contributed by atoms with Crippen molar-refractivity contribution in [2.75, 3.05) is 13.2 Å². The number of benzene rings is 1. The zero-order chi connectivity index (χ0) is 19.7. The quantitative estimate of drug-likeness (QED) is 0.595. The van der Waals surface area contributed by atoms with Crippen molar-refractivity contribution in [3.05, 3.63) is 58.1 Å². The minimum Gasteiger partial charge on any atom is -0.462 e. The van der Waals surface area contributed by atoms with Crippen LogP contribution in [0.5, 0.6) is 0 Å². The van der Waals surface area contributed by atoms with Gasteiger partial charge in [0.2, 0.25) is 0 Å². The lowest BCUT2D eigenvalue weighted by atomic mass is 9.99. The van der Waals surface area contributed by atoms with E-state index in [9.17, 15) is 9.59 Å². The molecule has 0 saturated carbocycles. The summed E-state index contributed by atoms with van der Waals surface area (Å²) >= 11 is 0. The van der Waals surface area contributed by atoms with Crippen molar-refractivity contribution in [2.45, 2.75) is 34.6 Å². The molecule has 1 aromatic rings. The Bertz CT molecular complexity index is 1020. The summed E-state index contributed by atoms with van der Waals surface area (Å²) < 4.78 is 10.3. The number of fused-ring (bicyclic) bond motifs is 3. The third-order valence-electron chi connectivity index (χ3n) is 4.73. The summed E-state index contributed by atoms with van der Waals surface area (Å²) in [6.45, 7) is 10.2. The first-order chi connectivity index (χ1) is 12.9.